The number of ether oxygens (including phenoxy) is 1. The fourth-order valence-electron chi connectivity index (χ4n) is 1.99. The lowest BCUT2D eigenvalue weighted by molar-refractivity contribution is -0.138. The lowest BCUT2D eigenvalue weighted by Gasteiger charge is -2.12. The van der Waals surface area contributed by atoms with Crippen molar-refractivity contribution in [1.82, 2.24) is 0 Å². The molecule has 3 nitrogen and oxygen atoms in total. The molecule has 2 aromatic carbocycles. The summed E-state index contributed by atoms with van der Waals surface area (Å²) >= 11 is 2.86. The van der Waals surface area contributed by atoms with Crippen molar-refractivity contribution in [3.8, 4) is 5.75 Å². The van der Waals surface area contributed by atoms with E-state index in [-0.39, 0.29) is 16.6 Å². The topological polar surface area (TPSA) is 38.3 Å². The van der Waals surface area contributed by atoms with Crippen LogP contribution in [0.5, 0.6) is 5.75 Å². The van der Waals surface area contributed by atoms with E-state index in [1.807, 2.05) is 0 Å². The van der Waals surface area contributed by atoms with Crippen LogP contribution in [0.25, 0.3) is 0 Å². The zero-order chi connectivity index (χ0) is 17.0. The summed E-state index contributed by atoms with van der Waals surface area (Å²) in [5, 5.41) is 2.47. The smallest absolute Gasteiger partial charge is 0.417 e. The second kappa shape index (κ2) is 7.04. The number of rotatable bonds is 4. The van der Waals surface area contributed by atoms with E-state index in [9.17, 15) is 18.0 Å². The van der Waals surface area contributed by atoms with E-state index in [2.05, 4.69) is 21.2 Å². The molecule has 0 atom stereocenters. The van der Waals surface area contributed by atoms with Gasteiger partial charge in [-0.3, -0.25) is 4.79 Å². The Bertz CT molecular complexity index is 717. The molecule has 0 spiro atoms. The molecule has 2 aromatic rings. The van der Waals surface area contributed by atoms with Crippen molar-refractivity contribution in [2.24, 2.45) is 0 Å². The fraction of sp³-hybridized carbons (Fsp3) is 0.188. The molecule has 0 aliphatic heterocycles. The van der Waals surface area contributed by atoms with Gasteiger partial charge in [0.25, 0.3) is 0 Å². The van der Waals surface area contributed by atoms with E-state index in [1.165, 1.54) is 19.2 Å². The van der Waals surface area contributed by atoms with Crippen LogP contribution in [0.2, 0.25) is 0 Å². The van der Waals surface area contributed by atoms with Crippen LogP contribution in [0.15, 0.2) is 46.9 Å². The lowest BCUT2D eigenvalue weighted by atomic mass is 10.1. The third-order valence-corrected chi connectivity index (χ3v) is 3.75. The standard InChI is InChI=1S/C16H13BrF3NO2/c1-23-12-4-2-3-10(7-12)8-15(22)21-11-5-6-14(17)13(9-11)16(18,19)20/h2-7,9H,8H2,1H3,(H,21,22). The zero-order valence-electron chi connectivity index (χ0n) is 12.1. The van der Waals surface area contributed by atoms with Crippen molar-refractivity contribution in [3.63, 3.8) is 0 Å². The number of benzene rings is 2. The molecular weight excluding hydrogens is 375 g/mol. The predicted molar refractivity (Wildman–Crippen MR) is 84.5 cm³/mol. The van der Waals surface area contributed by atoms with Gasteiger partial charge < -0.3 is 10.1 Å². The minimum atomic E-state index is -4.49. The van der Waals surface area contributed by atoms with Gasteiger partial charge in [0.2, 0.25) is 5.91 Å². The zero-order valence-corrected chi connectivity index (χ0v) is 13.7. The number of nitrogens with one attached hydrogen (secondary N) is 1. The Kier molecular flexibility index (Phi) is 5.30. The number of hydrogen-bond donors (Lipinski definition) is 1. The van der Waals surface area contributed by atoms with Crippen LogP contribution in [-0.2, 0) is 17.4 Å². The summed E-state index contributed by atoms with van der Waals surface area (Å²) in [6, 6.07) is 10.5. The van der Waals surface area contributed by atoms with E-state index in [4.69, 9.17) is 4.74 Å². The quantitative estimate of drug-likeness (QED) is 0.828. The summed E-state index contributed by atoms with van der Waals surface area (Å²) in [6.07, 6.45) is -4.46. The third-order valence-electron chi connectivity index (χ3n) is 3.05. The molecule has 0 heterocycles. The first-order valence-electron chi connectivity index (χ1n) is 6.59. The second-order valence-corrected chi connectivity index (χ2v) is 5.62. The highest BCUT2D eigenvalue weighted by atomic mass is 79.9. The maximum absolute atomic E-state index is 12.8. The summed E-state index contributed by atoms with van der Waals surface area (Å²) in [6.45, 7) is 0. The van der Waals surface area contributed by atoms with Gasteiger partial charge in [-0.2, -0.15) is 13.2 Å². The van der Waals surface area contributed by atoms with Gasteiger partial charge in [-0.05, 0) is 35.9 Å². The molecule has 0 fully saturated rings. The number of carbonyl (C=O) groups excluding carboxylic acids is 1. The van der Waals surface area contributed by atoms with Crippen LogP contribution >= 0.6 is 15.9 Å². The molecule has 7 heteroatoms. The summed E-state index contributed by atoms with van der Waals surface area (Å²) in [4.78, 5) is 12.0. The molecule has 2 rings (SSSR count). The molecule has 0 bridgehead atoms. The van der Waals surface area contributed by atoms with Gasteiger partial charge in [0.1, 0.15) is 5.75 Å². The maximum atomic E-state index is 12.8. The largest absolute Gasteiger partial charge is 0.497 e. The van der Waals surface area contributed by atoms with Gasteiger partial charge >= 0.3 is 6.18 Å². The van der Waals surface area contributed by atoms with Crippen molar-refractivity contribution >= 4 is 27.5 Å². The first-order valence-corrected chi connectivity index (χ1v) is 7.38. The third kappa shape index (κ3) is 4.72. The van der Waals surface area contributed by atoms with Gasteiger partial charge in [0.15, 0.2) is 0 Å². The molecule has 0 aliphatic rings. The van der Waals surface area contributed by atoms with Crippen LogP contribution in [0.4, 0.5) is 18.9 Å². The molecular formula is C16H13BrF3NO2. The van der Waals surface area contributed by atoms with Crippen LogP contribution in [0.3, 0.4) is 0 Å². The lowest BCUT2D eigenvalue weighted by Crippen LogP contribution is -2.15. The Morgan fingerprint density at radius 1 is 1.22 bits per heavy atom. The van der Waals surface area contributed by atoms with E-state index < -0.39 is 17.6 Å². The number of hydrogen-bond acceptors (Lipinski definition) is 2. The molecule has 0 aromatic heterocycles. The molecule has 0 saturated heterocycles. The van der Waals surface area contributed by atoms with Crippen LogP contribution in [0, 0.1) is 0 Å². The maximum Gasteiger partial charge on any atom is 0.417 e. The van der Waals surface area contributed by atoms with E-state index in [0.29, 0.717) is 11.3 Å². The highest BCUT2D eigenvalue weighted by molar-refractivity contribution is 9.10. The second-order valence-electron chi connectivity index (χ2n) is 4.77. The van der Waals surface area contributed by atoms with Crippen molar-refractivity contribution < 1.29 is 22.7 Å². The van der Waals surface area contributed by atoms with Crippen molar-refractivity contribution in [2.75, 3.05) is 12.4 Å². The van der Waals surface area contributed by atoms with Gasteiger partial charge in [0, 0.05) is 10.2 Å². The molecule has 0 unspecified atom stereocenters. The van der Waals surface area contributed by atoms with Gasteiger partial charge in [-0.25, -0.2) is 0 Å². The normalized spacial score (nSPS) is 11.2. The average Bonchev–Trinajstić information content (AvgIpc) is 2.48. The highest BCUT2D eigenvalue weighted by Gasteiger charge is 2.33. The molecule has 1 amide bonds. The summed E-state index contributed by atoms with van der Waals surface area (Å²) in [5.41, 5.74) is -0.0416. The van der Waals surface area contributed by atoms with Crippen LogP contribution in [-0.4, -0.2) is 13.0 Å². The summed E-state index contributed by atoms with van der Waals surface area (Å²) in [5.74, 6) is 0.201. The number of anilines is 1. The Morgan fingerprint density at radius 3 is 2.61 bits per heavy atom. The predicted octanol–water partition coefficient (Wildman–Crippen LogP) is 4.66. The van der Waals surface area contributed by atoms with Crippen molar-refractivity contribution in [3.05, 3.63) is 58.1 Å². The molecule has 0 saturated carbocycles. The Hall–Kier alpha value is -2.02. The highest BCUT2D eigenvalue weighted by Crippen LogP contribution is 2.36. The number of methoxy groups -OCH3 is 1. The van der Waals surface area contributed by atoms with Gasteiger partial charge in [0.05, 0.1) is 19.1 Å². The van der Waals surface area contributed by atoms with Gasteiger partial charge in [-0.1, -0.05) is 28.1 Å². The molecule has 0 aliphatic carbocycles. The Labute approximate surface area is 139 Å². The van der Waals surface area contributed by atoms with E-state index in [1.54, 1.807) is 24.3 Å². The van der Waals surface area contributed by atoms with Crippen molar-refractivity contribution in [1.29, 1.82) is 0 Å². The van der Waals surface area contributed by atoms with Crippen LogP contribution < -0.4 is 10.1 Å². The average molecular weight is 388 g/mol. The Morgan fingerprint density at radius 2 is 1.96 bits per heavy atom. The molecule has 1 N–H and O–H groups in total. The monoisotopic (exact) mass is 387 g/mol. The number of amides is 1. The molecule has 122 valence electrons. The summed E-state index contributed by atoms with van der Waals surface area (Å²) in [7, 11) is 1.51. The molecule has 0 radical (unpaired) electrons. The first kappa shape index (κ1) is 17.3. The van der Waals surface area contributed by atoms with Crippen LogP contribution in [0.1, 0.15) is 11.1 Å². The minimum absolute atomic E-state index is 0.0363. The van der Waals surface area contributed by atoms with Gasteiger partial charge in [-0.15, -0.1) is 0 Å². The van der Waals surface area contributed by atoms with E-state index >= 15 is 0 Å². The number of alkyl halides is 3. The first-order chi connectivity index (χ1) is 10.8. The fourth-order valence-corrected chi connectivity index (χ4v) is 2.46. The van der Waals surface area contributed by atoms with E-state index in [0.717, 1.165) is 6.07 Å². The number of halogens is 4. The summed E-state index contributed by atoms with van der Waals surface area (Å²) < 4.78 is 43.5. The van der Waals surface area contributed by atoms with Crippen molar-refractivity contribution in [2.45, 2.75) is 12.6 Å². The number of carbonyl (C=O) groups is 1. The Balaban J connectivity index is 2.11. The SMILES string of the molecule is COc1cccc(CC(=O)Nc2ccc(Br)c(C(F)(F)F)c2)c1. The minimum Gasteiger partial charge on any atom is -0.497 e. The molecule has 23 heavy (non-hydrogen) atoms.